The van der Waals surface area contributed by atoms with E-state index in [0.29, 0.717) is 6.04 Å². The van der Waals surface area contributed by atoms with Gasteiger partial charge in [-0.05, 0) is 64.5 Å². The highest BCUT2D eigenvalue weighted by Gasteiger charge is 2.41. The fourth-order valence-electron chi connectivity index (χ4n) is 4.27. The van der Waals surface area contributed by atoms with Gasteiger partial charge in [0.1, 0.15) is 5.54 Å². The summed E-state index contributed by atoms with van der Waals surface area (Å²) < 4.78 is 0. The lowest BCUT2D eigenvalue weighted by molar-refractivity contribution is 0.118. The quantitative estimate of drug-likeness (QED) is 0.838. The summed E-state index contributed by atoms with van der Waals surface area (Å²) in [6.07, 6.45) is 10.0. The lowest BCUT2D eigenvalue weighted by atomic mass is 9.83. The molecule has 0 spiro atoms. The summed E-state index contributed by atoms with van der Waals surface area (Å²) in [5, 5.41) is 12.9. The van der Waals surface area contributed by atoms with Crippen LogP contribution in [0, 0.1) is 17.2 Å². The van der Waals surface area contributed by atoms with Crippen LogP contribution in [0.2, 0.25) is 0 Å². The average Bonchev–Trinajstić information content (AvgIpc) is 2.92. The summed E-state index contributed by atoms with van der Waals surface area (Å²) in [5.41, 5.74) is -0.256. The smallest absolute Gasteiger partial charge is 0.108 e. The molecule has 0 saturated heterocycles. The molecule has 2 atom stereocenters. The standard InChI is InChI=1S/C17H31N3/c1-4-14-6-8-15(9-7-14)20(3)16-10-11-17(12-16,13-18)19-5-2/h14-16,19H,4-12H2,1-3H3. The molecule has 0 aromatic heterocycles. The molecule has 2 aliphatic carbocycles. The molecular weight excluding hydrogens is 246 g/mol. The molecule has 0 aromatic rings. The summed E-state index contributed by atoms with van der Waals surface area (Å²) in [4.78, 5) is 2.60. The predicted molar refractivity (Wildman–Crippen MR) is 83.5 cm³/mol. The summed E-state index contributed by atoms with van der Waals surface area (Å²) in [5.74, 6) is 0.961. The maximum absolute atomic E-state index is 9.49. The van der Waals surface area contributed by atoms with Gasteiger partial charge in [-0.2, -0.15) is 5.26 Å². The van der Waals surface area contributed by atoms with Crippen molar-refractivity contribution in [2.45, 2.75) is 82.8 Å². The third-order valence-electron chi connectivity index (χ3n) is 5.76. The number of rotatable bonds is 5. The minimum Gasteiger partial charge on any atom is -0.300 e. The molecule has 0 amide bonds. The highest BCUT2D eigenvalue weighted by Crippen LogP contribution is 2.36. The van der Waals surface area contributed by atoms with Crippen molar-refractivity contribution < 1.29 is 0 Å². The van der Waals surface area contributed by atoms with Crippen molar-refractivity contribution in [3.05, 3.63) is 0 Å². The molecule has 1 N–H and O–H groups in total. The Balaban J connectivity index is 1.88. The van der Waals surface area contributed by atoms with Gasteiger partial charge >= 0.3 is 0 Å². The SMILES string of the molecule is CCNC1(C#N)CCC(N(C)C2CCC(CC)CC2)C1. The van der Waals surface area contributed by atoms with E-state index in [4.69, 9.17) is 0 Å². The molecule has 0 heterocycles. The molecule has 2 fully saturated rings. The van der Waals surface area contributed by atoms with Crippen LogP contribution < -0.4 is 5.32 Å². The van der Waals surface area contributed by atoms with Crippen LogP contribution in [0.5, 0.6) is 0 Å². The molecule has 3 heteroatoms. The lowest BCUT2D eigenvalue weighted by Crippen LogP contribution is -2.45. The van der Waals surface area contributed by atoms with E-state index in [9.17, 15) is 5.26 Å². The Kier molecular flexibility index (Phi) is 5.46. The number of nitrogens with zero attached hydrogens (tertiary/aromatic N) is 2. The van der Waals surface area contributed by atoms with Crippen molar-refractivity contribution in [2.24, 2.45) is 5.92 Å². The Morgan fingerprint density at radius 2 is 1.85 bits per heavy atom. The molecule has 0 aromatic carbocycles. The third-order valence-corrected chi connectivity index (χ3v) is 5.76. The first-order valence-corrected chi connectivity index (χ1v) is 8.52. The van der Waals surface area contributed by atoms with Crippen molar-refractivity contribution in [1.82, 2.24) is 10.2 Å². The lowest BCUT2D eigenvalue weighted by Gasteiger charge is -2.38. The van der Waals surface area contributed by atoms with Gasteiger partial charge in [-0.1, -0.05) is 20.3 Å². The largest absolute Gasteiger partial charge is 0.300 e. The second kappa shape index (κ2) is 6.91. The molecule has 2 saturated carbocycles. The van der Waals surface area contributed by atoms with Crippen LogP contribution in [0.25, 0.3) is 0 Å². The summed E-state index contributed by atoms with van der Waals surface area (Å²) in [7, 11) is 2.29. The van der Waals surface area contributed by atoms with E-state index in [1.165, 1.54) is 38.5 Å². The third kappa shape index (κ3) is 3.35. The minimum atomic E-state index is -0.256. The molecular formula is C17H31N3. The van der Waals surface area contributed by atoms with Gasteiger partial charge in [0.2, 0.25) is 0 Å². The van der Waals surface area contributed by atoms with Gasteiger partial charge < -0.3 is 4.90 Å². The van der Waals surface area contributed by atoms with E-state index < -0.39 is 0 Å². The van der Waals surface area contributed by atoms with Crippen LogP contribution in [0.4, 0.5) is 0 Å². The molecule has 114 valence electrons. The Labute approximate surface area is 124 Å². The molecule has 20 heavy (non-hydrogen) atoms. The van der Waals surface area contributed by atoms with Gasteiger partial charge in [-0.25, -0.2) is 0 Å². The van der Waals surface area contributed by atoms with Crippen molar-refractivity contribution in [3.63, 3.8) is 0 Å². The zero-order chi connectivity index (χ0) is 14.6. The summed E-state index contributed by atoms with van der Waals surface area (Å²) in [6, 6.07) is 3.89. The fraction of sp³-hybridized carbons (Fsp3) is 0.941. The van der Waals surface area contributed by atoms with Gasteiger partial charge in [-0.3, -0.25) is 5.32 Å². The Hall–Kier alpha value is -0.590. The minimum absolute atomic E-state index is 0.256. The molecule has 0 radical (unpaired) electrons. The van der Waals surface area contributed by atoms with Gasteiger partial charge in [0.25, 0.3) is 0 Å². The van der Waals surface area contributed by atoms with Crippen molar-refractivity contribution in [2.75, 3.05) is 13.6 Å². The molecule has 2 aliphatic rings. The van der Waals surface area contributed by atoms with E-state index in [2.05, 4.69) is 37.2 Å². The number of nitriles is 1. The predicted octanol–water partition coefficient (Wildman–Crippen LogP) is 3.31. The summed E-state index contributed by atoms with van der Waals surface area (Å²) >= 11 is 0. The summed E-state index contributed by atoms with van der Waals surface area (Å²) in [6.45, 7) is 5.32. The Morgan fingerprint density at radius 3 is 2.40 bits per heavy atom. The van der Waals surface area contributed by atoms with Gasteiger partial charge in [0.05, 0.1) is 6.07 Å². The first-order valence-electron chi connectivity index (χ1n) is 8.52. The Bertz CT molecular complexity index is 341. The maximum Gasteiger partial charge on any atom is 0.108 e. The van der Waals surface area contributed by atoms with E-state index in [0.717, 1.165) is 31.3 Å². The van der Waals surface area contributed by atoms with E-state index in [1.807, 2.05) is 0 Å². The van der Waals surface area contributed by atoms with Crippen molar-refractivity contribution in [1.29, 1.82) is 5.26 Å². The molecule has 3 nitrogen and oxygen atoms in total. The zero-order valence-corrected chi connectivity index (χ0v) is 13.5. The zero-order valence-electron chi connectivity index (χ0n) is 13.5. The molecule has 0 bridgehead atoms. The van der Waals surface area contributed by atoms with Gasteiger partial charge in [-0.15, -0.1) is 0 Å². The maximum atomic E-state index is 9.49. The average molecular weight is 277 g/mol. The number of hydrogen-bond donors (Lipinski definition) is 1. The molecule has 2 unspecified atom stereocenters. The fourth-order valence-corrected chi connectivity index (χ4v) is 4.27. The van der Waals surface area contributed by atoms with Crippen LogP contribution >= 0.6 is 0 Å². The van der Waals surface area contributed by atoms with Crippen molar-refractivity contribution in [3.8, 4) is 6.07 Å². The van der Waals surface area contributed by atoms with Crippen molar-refractivity contribution >= 4 is 0 Å². The van der Waals surface area contributed by atoms with E-state index in [1.54, 1.807) is 0 Å². The van der Waals surface area contributed by atoms with E-state index >= 15 is 0 Å². The highest BCUT2D eigenvalue weighted by atomic mass is 15.2. The van der Waals surface area contributed by atoms with Gasteiger partial charge in [0.15, 0.2) is 0 Å². The van der Waals surface area contributed by atoms with Crippen LogP contribution in [-0.4, -0.2) is 36.1 Å². The second-order valence-corrected chi connectivity index (χ2v) is 6.87. The Morgan fingerprint density at radius 1 is 1.15 bits per heavy atom. The number of hydrogen-bond acceptors (Lipinski definition) is 3. The van der Waals surface area contributed by atoms with Crippen LogP contribution in [-0.2, 0) is 0 Å². The first kappa shape index (κ1) is 15.8. The van der Waals surface area contributed by atoms with Crippen LogP contribution in [0.15, 0.2) is 0 Å². The van der Waals surface area contributed by atoms with Crippen LogP contribution in [0.1, 0.15) is 65.2 Å². The highest BCUT2D eigenvalue weighted by molar-refractivity contribution is 5.13. The van der Waals surface area contributed by atoms with Crippen LogP contribution in [0.3, 0.4) is 0 Å². The van der Waals surface area contributed by atoms with Gasteiger partial charge in [0, 0.05) is 12.1 Å². The van der Waals surface area contributed by atoms with E-state index in [-0.39, 0.29) is 5.54 Å². The molecule has 0 aliphatic heterocycles. The topological polar surface area (TPSA) is 39.1 Å². The number of nitrogens with one attached hydrogen (secondary N) is 1. The second-order valence-electron chi connectivity index (χ2n) is 6.87. The molecule has 2 rings (SSSR count). The first-order chi connectivity index (χ1) is 9.64. The normalized spacial score (nSPS) is 38.0. The monoisotopic (exact) mass is 277 g/mol.